The molecule has 1 unspecified atom stereocenters. The van der Waals surface area contributed by atoms with Gasteiger partial charge in [-0.2, -0.15) is 0 Å². The monoisotopic (exact) mass is 947 g/mol. The summed E-state index contributed by atoms with van der Waals surface area (Å²) in [6, 6.07) is 0. The molecule has 0 radical (unpaired) electrons. The Morgan fingerprint density at radius 2 is 0.403 bits per heavy atom. The van der Waals surface area contributed by atoms with Gasteiger partial charge in [0.2, 0.25) is 0 Å². The van der Waals surface area contributed by atoms with Gasteiger partial charge in [0.1, 0.15) is 13.2 Å². The second-order valence-electron chi connectivity index (χ2n) is 21.0. The Hall–Kier alpha value is -1.59. The van der Waals surface area contributed by atoms with E-state index in [-0.39, 0.29) is 31.1 Å². The van der Waals surface area contributed by atoms with E-state index in [9.17, 15) is 14.4 Å². The number of carbonyl (C=O) groups is 3. The van der Waals surface area contributed by atoms with Crippen molar-refractivity contribution in [2.24, 2.45) is 0 Å². The highest BCUT2D eigenvalue weighted by Gasteiger charge is 2.19. The van der Waals surface area contributed by atoms with Crippen LogP contribution >= 0.6 is 0 Å². The Labute approximate surface area is 418 Å². The molecule has 0 aromatic rings. The minimum Gasteiger partial charge on any atom is -0.462 e. The molecule has 0 aromatic carbocycles. The van der Waals surface area contributed by atoms with Gasteiger partial charge in [-0.1, -0.05) is 316 Å². The lowest BCUT2D eigenvalue weighted by molar-refractivity contribution is -0.167. The zero-order valence-corrected chi connectivity index (χ0v) is 45.7. The van der Waals surface area contributed by atoms with Crippen molar-refractivity contribution in [3.63, 3.8) is 0 Å². The molecule has 0 rings (SSSR count). The van der Waals surface area contributed by atoms with Gasteiger partial charge in [0.25, 0.3) is 0 Å². The quantitative estimate of drug-likeness (QED) is 0.0343. The van der Waals surface area contributed by atoms with Gasteiger partial charge >= 0.3 is 17.9 Å². The van der Waals surface area contributed by atoms with E-state index in [0.717, 1.165) is 57.8 Å². The van der Waals surface area contributed by atoms with Gasteiger partial charge in [0.15, 0.2) is 6.10 Å². The predicted molar refractivity (Wildman–Crippen MR) is 289 cm³/mol. The molecule has 0 N–H and O–H groups in total. The lowest BCUT2D eigenvalue weighted by atomic mass is 10.0. The van der Waals surface area contributed by atoms with Crippen LogP contribution in [0.25, 0.3) is 0 Å². The lowest BCUT2D eigenvalue weighted by Crippen LogP contribution is -2.30. The van der Waals surface area contributed by atoms with E-state index in [2.05, 4.69) is 20.8 Å². The van der Waals surface area contributed by atoms with Crippen molar-refractivity contribution in [3.8, 4) is 0 Å². The predicted octanol–water partition coefficient (Wildman–Crippen LogP) is 20.3. The standard InChI is InChI=1S/C61H118O6/c1-4-7-10-13-16-18-19-20-21-22-23-24-25-26-27-28-29-30-31-32-33-34-35-36-37-38-39-40-41-43-45-48-51-54-60(63)66-57-58(56-65-59(62)53-50-47-44-15-12-9-6-3)67-61(64)55-52-49-46-42-17-14-11-8-5-2/h58H,4-57H2,1-3H3. The van der Waals surface area contributed by atoms with Crippen molar-refractivity contribution in [1.82, 2.24) is 0 Å². The minimum absolute atomic E-state index is 0.0628. The van der Waals surface area contributed by atoms with E-state index < -0.39 is 6.10 Å². The molecule has 398 valence electrons. The van der Waals surface area contributed by atoms with E-state index in [1.165, 1.54) is 257 Å². The number of ether oxygens (including phenoxy) is 3. The van der Waals surface area contributed by atoms with E-state index in [4.69, 9.17) is 14.2 Å². The third-order valence-electron chi connectivity index (χ3n) is 14.1. The maximum Gasteiger partial charge on any atom is 0.306 e. The summed E-state index contributed by atoms with van der Waals surface area (Å²) in [7, 11) is 0. The molecule has 67 heavy (non-hydrogen) atoms. The molecule has 0 saturated heterocycles. The van der Waals surface area contributed by atoms with Crippen LogP contribution in [-0.2, 0) is 28.6 Å². The Morgan fingerprint density at radius 3 is 0.597 bits per heavy atom. The topological polar surface area (TPSA) is 78.9 Å². The van der Waals surface area contributed by atoms with Crippen molar-refractivity contribution >= 4 is 17.9 Å². The maximum atomic E-state index is 12.7. The molecule has 1 atom stereocenters. The molecule has 0 aliphatic heterocycles. The number of esters is 3. The third-order valence-corrected chi connectivity index (χ3v) is 14.1. The fourth-order valence-corrected chi connectivity index (χ4v) is 9.51. The lowest BCUT2D eigenvalue weighted by Gasteiger charge is -2.18. The van der Waals surface area contributed by atoms with Crippen LogP contribution in [0.4, 0.5) is 0 Å². The van der Waals surface area contributed by atoms with Gasteiger partial charge in [-0.3, -0.25) is 14.4 Å². The van der Waals surface area contributed by atoms with Crippen LogP contribution in [0.3, 0.4) is 0 Å². The van der Waals surface area contributed by atoms with Gasteiger partial charge < -0.3 is 14.2 Å². The first-order valence-electron chi connectivity index (χ1n) is 30.5. The van der Waals surface area contributed by atoms with Gasteiger partial charge in [0, 0.05) is 19.3 Å². The fraction of sp³-hybridized carbons (Fsp3) is 0.951. The molecule has 6 heteroatoms. The van der Waals surface area contributed by atoms with E-state index >= 15 is 0 Å². The molecule has 0 aromatic heterocycles. The Morgan fingerprint density at radius 1 is 0.239 bits per heavy atom. The maximum absolute atomic E-state index is 12.7. The zero-order chi connectivity index (χ0) is 48.6. The average molecular weight is 948 g/mol. The summed E-state index contributed by atoms with van der Waals surface area (Å²) in [6.45, 7) is 6.63. The molecule has 6 nitrogen and oxygen atoms in total. The second kappa shape index (κ2) is 57.0. The molecule has 0 saturated carbocycles. The Bertz CT molecular complexity index is 998. The number of hydrogen-bond donors (Lipinski definition) is 0. The van der Waals surface area contributed by atoms with Crippen molar-refractivity contribution < 1.29 is 28.6 Å². The van der Waals surface area contributed by atoms with E-state index in [0.29, 0.717) is 19.3 Å². The molecule has 0 amide bonds. The minimum atomic E-state index is -0.758. The molecular formula is C61H118O6. The number of carbonyl (C=O) groups excluding carboxylic acids is 3. The molecule has 0 spiro atoms. The summed E-state index contributed by atoms with van der Waals surface area (Å²) in [5.74, 6) is -0.852. The third kappa shape index (κ3) is 55.2. The van der Waals surface area contributed by atoms with Gasteiger partial charge in [-0.25, -0.2) is 0 Å². The summed E-state index contributed by atoms with van der Waals surface area (Å²) >= 11 is 0. The summed E-state index contributed by atoms with van der Waals surface area (Å²) in [4.78, 5) is 37.7. The van der Waals surface area contributed by atoms with E-state index in [1.54, 1.807) is 0 Å². The molecule has 0 aliphatic carbocycles. The van der Waals surface area contributed by atoms with Crippen molar-refractivity contribution in [1.29, 1.82) is 0 Å². The second-order valence-corrected chi connectivity index (χ2v) is 21.0. The highest BCUT2D eigenvalue weighted by molar-refractivity contribution is 5.71. The van der Waals surface area contributed by atoms with Gasteiger partial charge in [-0.15, -0.1) is 0 Å². The fourth-order valence-electron chi connectivity index (χ4n) is 9.51. The molecular weight excluding hydrogens is 829 g/mol. The smallest absolute Gasteiger partial charge is 0.306 e. The Kier molecular flexibility index (Phi) is 55.6. The van der Waals surface area contributed by atoms with Crippen molar-refractivity contribution in [2.45, 2.75) is 361 Å². The van der Waals surface area contributed by atoms with Crippen LogP contribution in [0.2, 0.25) is 0 Å². The molecule has 0 bridgehead atoms. The Balaban J connectivity index is 3.80. The number of hydrogen-bond acceptors (Lipinski definition) is 6. The van der Waals surface area contributed by atoms with E-state index in [1.807, 2.05) is 0 Å². The first kappa shape index (κ1) is 65.4. The summed E-state index contributed by atoms with van der Waals surface area (Å²) in [6.07, 6.45) is 64.6. The van der Waals surface area contributed by atoms with Crippen LogP contribution in [-0.4, -0.2) is 37.2 Å². The average Bonchev–Trinajstić information content (AvgIpc) is 3.33. The van der Waals surface area contributed by atoms with Gasteiger partial charge in [0.05, 0.1) is 0 Å². The highest BCUT2D eigenvalue weighted by atomic mass is 16.6. The van der Waals surface area contributed by atoms with Crippen LogP contribution in [0, 0.1) is 0 Å². The molecule has 0 heterocycles. The first-order valence-corrected chi connectivity index (χ1v) is 30.5. The largest absolute Gasteiger partial charge is 0.462 e. The number of rotatable bonds is 57. The normalized spacial score (nSPS) is 11.9. The molecule has 0 aliphatic rings. The van der Waals surface area contributed by atoms with Crippen LogP contribution < -0.4 is 0 Å². The van der Waals surface area contributed by atoms with Crippen LogP contribution in [0.5, 0.6) is 0 Å². The van der Waals surface area contributed by atoms with Crippen molar-refractivity contribution in [2.75, 3.05) is 13.2 Å². The SMILES string of the molecule is CCCCCCCCCCCCCCCCCCCCCCCCCCCCCCCCCCCC(=O)OCC(COC(=O)CCCCCCCCC)OC(=O)CCCCCCCCCCC. The van der Waals surface area contributed by atoms with Crippen LogP contribution in [0.1, 0.15) is 355 Å². The summed E-state index contributed by atoms with van der Waals surface area (Å²) in [5.41, 5.74) is 0. The number of unbranched alkanes of at least 4 members (excludes halogenated alkanes) is 46. The van der Waals surface area contributed by atoms with Crippen LogP contribution in [0.15, 0.2) is 0 Å². The summed E-state index contributed by atoms with van der Waals surface area (Å²) in [5, 5.41) is 0. The zero-order valence-electron chi connectivity index (χ0n) is 45.7. The first-order chi connectivity index (χ1) is 33.0. The summed E-state index contributed by atoms with van der Waals surface area (Å²) < 4.78 is 16.7. The van der Waals surface area contributed by atoms with Gasteiger partial charge in [-0.05, 0) is 19.3 Å². The van der Waals surface area contributed by atoms with Crippen molar-refractivity contribution in [3.05, 3.63) is 0 Å². The molecule has 0 fully saturated rings. The highest BCUT2D eigenvalue weighted by Crippen LogP contribution is 2.18.